The zero-order valence-corrected chi connectivity index (χ0v) is 15.0. The third-order valence-corrected chi connectivity index (χ3v) is 4.07. The Morgan fingerprint density at radius 3 is 2.10 bits per heavy atom. The van der Waals surface area contributed by atoms with Gasteiger partial charge in [0.15, 0.2) is 0 Å². The van der Waals surface area contributed by atoms with Crippen molar-refractivity contribution in [3.05, 3.63) is 35.4 Å². The molecule has 1 N–H and O–H groups in total. The summed E-state index contributed by atoms with van der Waals surface area (Å²) in [5, 5.41) is 3.66. The van der Waals surface area contributed by atoms with Crippen LogP contribution in [-0.2, 0) is 6.42 Å². The van der Waals surface area contributed by atoms with Crippen LogP contribution in [-0.4, -0.2) is 31.1 Å². The second-order valence-corrected chi connectivity index (χ2v) is 7.35. The molecule has 0 aromatic heterocycles. The van der Waals surface area contributed by atoms with Crippen LogP contribution in [0.1, 0.15) is 58.7 Å². The van der Waals surface area contributed by atoms with Gasteiger partial charge in [-0.05, 0) is 43.5 Å². The second kappa shape index (κ2) is 7.95. The summed E-state index contributed by atoms with van der Waals surface area (Å²) in [6, 6.07) is 9.94. The van der Waals surface area contributed by atoms with E-state index in [4.69, 9.17) is 0 Å². The molecule has 0 fully saturated rings. The van der Waals surface area contributed by atoms with E-state index < -0.39 is 0 Å². The largest absolute Gasteiger partial charge is 0.309 e. The Labute approximate surface area is 131 Å². The smallest absolute Gasteiger partial charge is 0.0475 e. The van der Waals surface area contributed by atoms with Crippen molar-refractivity contribution in [3.8, 4) is 0 Å². The number of benzene rings is 1. The fourth-order valence-corrected chi connectivity index (χ4v) is 2.89. The zero-order chi connectivity index (χ0) is 16.0. The van der Waals surface area contributed by atoms with Crippen molar-refractivity contribution in [2.24, 2.45) is 5.41 Å². The fraction of sp³-hybridized carbons (Fsp3) is 0.684. The first-order valence-electron chi connectivity index (χ1n) is 8.31. The summed E-state index contributed by atoms with van der Waals surface area (Å²) in [5.41, 5.74) is 3.12. The molecule has 21 heavy (non-hydrogen) atoms. The zero-order valence-electron chi connectivity index (χ0n) is 15.0. The Bertz CT molecular complexity index is 403. The predicted octanol–water partition coefficient (Wildman–Crippen LogP) is 4.27. The van der Waals surface area contributed by atoms with Gasteiger partial charge in [-0.3, -0.25) is 0 Å². The molecular formula is C19H34N2. The Balaban J connectivity index is 2.88. The molecule has 1 aromatic carbocycles. The molecule has 0 amide bonds. The number of hydrogen-bond donors (Lipinski definition) is 1. The Morgan fingerprint density at radius 1 is 1.10 bits per heavy atom. The lowest BCUT2D eigenvalue weighted by molar-refractivity contribution is 0.152. The maximum absolute atomic E-state index is 3.66. The third-order valence-electron chi connectivity index (χ3n) is 4.07. The van der Waals surface area contributed by atoms with Crippen LogP contribution in [0.2, 0.25) is 0 Å². The summed E-state index contributed by atoms with van der Waals surface area (Å²) in [5.74, 6) is 0. The van der Waals surface area contributed by atoms with Gasteiger partial charge in [0.1, 0.15) is 0 Å². The average Bonchev–Trinajstić information content (AvgIpc) is 2.42. The van der Waals surface area contributed by atoms with Crippen molar-refractivity contribution in [1.82, 2.24) is 10.2 Å². The number of nitrogens with one attached hydrogen (secondary N) is 1. The highest BCUT2D eigenvalue weighted by Gasteiger charge is 2.25. The molecule has 0 spiro atoms. The minimum Gasteiger partial charge on any atom is -0.309 e. The van der Waals surface area contributed by atoms with Crippen LogP contribution < -0.4 is 5.32 Å². The normalized spacial score (nSPS) is 15.2. The number of nitrogens with zero attached hydrogens (tertiary/aromatic N) is 1. The third kappa shape index (κ3) is 5.80. The molecule has 0 aliphatic carbocycles. The molecule has 2 atom stereocenters. The van der Waals surface area contributed by atoms with E-state index in [1.54, 1.807) is 0 Å². The maximum atomic E-state index is 3.66. The quantitative estimate of drug-likeness (QED) is 0.807. The lowest BCUT2D eigenvalue weighted by Gasteiger charge is -2.36. The van der Waals surface area contributed by atoms with Crippen molar-refractivity contribution in [2.75, 3.05) is 20.1 Å². The molecule has 0 radical (unpaired) electrons. The molecule has 0 bridgehead atoms. The van der Waals surface area contributed by atoms with E-state index in [-0.39, 0.29) is 0 Å². The van der Waals surface area contributed by atoms with E-state index in [2.05, 4.69) is 83.1 Å². The Kier molecular flexibility index (Phi) is 6.89. The lowest BCUT2D eigenvalue weighted by Crippen LogP contribution is -2.44. The molecule has 2 unspecified atom stereocenters. The Hall–Kier alpha value is -0.860. The van der Waals surface area contributed by atoms with Crippen LogP contribution in [0.3, 0.4) is 0 Å². The monoisotopic (exact) mass is 290 g/mol. The van der Waals surface area contributed by atoms with Gasteiger partial charge in [0.05, 0.1) is 0 Å². The van der Waals surface area contributed by atoms with Gasteiger partial charge in [-0.2, -0.15) is 0 Å². The minimum atomic E-state index is 0.325. The first kappa shape index (κ1) is 18.2. The summed E-state index contributed by atoms with van der Waals surface area (Å²) in [4.78, 5) is 2.47. The molecular weight excluding hydrogens is 256 g/mol. The maximum Gasteiger partial charge on any atom is 0.0475 e. The van der Waals surface area contributed by atoms with Crippen molar-refractivity contribution in [1.29, 1.82) is 0 Å². The van der Waals surface area contributed by atoms with E-state index in [1.165, 1.54) is 11.1 Å². The molecule has 1 rings (SSSR count). The molecule has 0 aliphatic rings. The van der Waals surface area contributed by atoms with Crippen LogP contribution in [0.25, 0.3) is 0 Å². The highest BCUT2D eigenvalue weighted by atomic mass is 15.2. The minimum absolute atomic E-state index is 0.325. The highest BCUT2D eigenvalue weighted by molar-refractivity contribution is 5.26. The molecule has 0 heterocycles. The van der Waals surface area contributed by atoms with Gasteiger partial charge in [0.2, 0.25) is 0 Å². The summed E-state index contributed by atoms with van der Waals surface area (Å²) >= 11 is 0. The van der Waals surface area contributed by atoms with E-state index in [0.29, 0.717) is 17.5 Å². The first-order valence-corrected chi connectivity index (χ1v) is 8.31. The summed E-state index contributed by atoms with van der Waals surface area (Å²) in [7, 11) is 2.24. The molecule has 0 saturated carbocycles. The summed E-state index contributed by atoms with van der Waals surface area (Å²) in [6.45, 7) is 15.7. The van der Waals surface area contributed by atoms with Crippen LogP contribution in [0.15, 0.2) is 24.3 Å². The SMILES string of the molecule is CCNC(c1ccc(CC)cc1)C(C)N(C)CC(C)(C)C. The van der Waals surface area contributed by atoms with Gasteiger partial charge in [-0.1, -0.05) is 58.9 Å². The molecule has 2 nitrogen and oxygen atoms in total. The predicted molar refractivity (Wildman–Crippen MR) is 93.8 cm³/mol. The van der Waals surface area contributed by atoms with Gasteiger partial charge in [0.25, 0.3) is 0 Å². The summed E-state index contributed by atoms with van der Waals surface area (Å²) < 4.78 is 0. The number of likely N-dealkylation sites (N-methyl/N-ethyl adjacent to an activating group) is 2. The van der Waals surface area contributed by atoms with E-state index in [9.17, 15) is 0 Å². The van der Waals surface area contributed by atoms with Gasteiger partial charge < -0.3 is 10.2 Å². The first-order chi connectivity index (χ1) is 9.78. The van der Waals surface area contributed by atoms with Gasteiger partial charge >= 0.3 is 0 Å². The van der Waals surface area contributed by atoms with E-state index in [0.717, 1.165) is 19.5 Å². The van der Waals surface area contributed by atoms with E-state index in [1.807, 2.05) is 0 Å². The van der Waals surface area contributed by atoms with Crippen molar-refractivity contribution >= 4 is 0 Å². The molecule has 2 heteroatoms. The van der Waals surface area contributed by atoms with Crippen molar-refractivity contribution < 1.29 is 0 Å². The van der Waals surface area contributed by atoms with Crippen LogP contribution in [0.5, 0.6) is 0 Å². The van der Waals surface area contributed by atoms with Crippen LogP contribution in [0, 0.1) is 5.41 Å². The average molecular weight is 290 g/mol. The van der Waals surface area contributed by atoms with Crippen LogP contribution in [0.4, 0.5) is 0 Å². The van der Waals surface area contributed by atoms with Crippen LogP contribution >= 0.6 is 0 Å². The number of aryl methyl sites for hydroxylation is 1. The van der Waals surface area contributed by atoms with Crippen molar-refractivity contribution in [3.63, 3.8) is 0 Å². The topological polar surface area (TPSA) is 15.3 Å². The van der Waals surface area contributed by atoms with Gasteiger partial charge in [-0.15, -0.1) is 0 Å². The highest BCUT2D eigenvalue weighted by Crippen LogP contribution is 2.24. The fourth-order valence-electron chi connectivity index (χ4n) is 2.89. The Morgan fingerprint density at radius 2 is 1.67 bits per heavy atom. The number of hydrogen-bond acceptors (Lipinski definition) is 2. The van der Waals surface area contributed by atoms with Gasteiger partial charge in [0, 0.05) is 18.6 Å². The molecule has 0 aliphatic heterocycles. The second-order valence-electron chi connectivity index (χ2n) is 7.35. The molecule has 1 aromatic rings. The van der Waals surface area contributed by atoms with Gasteiger partial charge in [-0.25, -0.2) is 0 Å². The van der Waals surface area contributed by atoms with E-state index >= 15 is 0 Å². The number of rotatable bonds is 7. The van der Waals surface area contributed by atoms with Crippen molar-refractivity contribution in [2.45, 2.75) is 60.0 Å². The summed E-state index contributed by atoms with van der Waals surface area (Å²) in [6.07, 6.45) is 1.10. The molecule has 0 saturated heterocycles. The lowest BCUT2D eigenvalue weighted by atomic mass is 9.93. The molecule has 120 valence electrons. The standard InChI is InChI=1S/C19H34N2/c1-8-16-10-12-17(13-11-16)18(20-9-2)15(3)21(7)14-19(4,5)6/h10-13,15,18,20H,8-9,14H2,1-7H3.